The maximum Gasteiger partial charge on any atom is 0.270 e. The van der Waals surface area contributed by atoms with Crippen molar-refractivity contribution in [3.8, 4) is 11.5 Å². The number of benzene rings is 3. The van der Waals surface area contributed by atoms with Gasteiger partial charge < -0.3 is 9.47 Å². The number of amides is 2. The molecule has 2 amide bonds. The van der Waals surface area contributed by atoms with E-state index in [1.807, 2.05) is 19.1 Å². The monoisotopic (exact) mass is 568 g/mol. The quantitative estimate of drug-likeness (QED) is 0.229. The zero-order chi connectivity index (χ0) is 25.8. The third-order valence-corrected chi connectivity index (χ3v) is 6.41. The number of aryl methyl sites for hydroxylation is 1. The van der Waals surface area contributed by atoms with Gasteiger partial charge in [0.05, 0.1) is 17.3 Å². The predicted octanol–water partition coefficient (Wildman–Crippen LogP) is 5.57. The molecule has 1 heterocycles. The number of carbonyl (C=O) groups is 2. The molecule has 1 aliphatic rings. The van der Waals surface area contributed by atoms with Crippen LogP contribution in [0.4, 0.5) is 10.1 Å². The van der Waals surface area contributed by atoms with Gasteiger partial charge in [0.2, 0.25) is 0 Å². The number of hydrogen-bond acceptors (Lipinski definition) is 5. The highest BCUT2D eigenvalue weighted by atomic mass is 79.9. The lowest BCUT2D eigenvalue weighted by atomic mass is 10.1. The lowest BCUT2D eigenvalue weighted by Crippen LogP contribution is -2.54. The molecule has 1 saturated heterocycles. The molecule has 0 aliphatic carbocycles. The number of thiocarbonyl (C=S) groups is 1. The molecular weight excluding hydrogens is 547 g/mol. The van der Waals surface area contributed by atoms with E-state index in [1.54, 1.807) is 36.4 Å². The van der Waals surface area contributed by atoms with Crippen LogP contribution in [-0.4, -0.2) is 24.0 Å². The fourth-order valence-electron chi connectivity index (χ4n) is 3.68. The number of methoxy groups -OCH3 is 1. The van der Waals surface area contributed by atoms with Gasteiger partial charge in [0.15, 0.2) is 16.6 Å². The van der Waals surface area contributed by atoms with E-state index in [0.29, 0.717) is 32.8 Å². The fraction of sp³-hybridized carbons (Fsp3) is 0.148. The smallest absolute Gasteiger partial charge is 0.270 e. The van der Waals surface area contributed by atoms with Crippen molar-refractivity contribution in [2.75, 3.05) is 12.0 Å². The van der Waals surface area contributed by atoms with Crippen molar-refractivity contribution in [2.24, 2.45) is 0 Å². The molecule has 3 aromatic carbocycles. The van der Waals surface area contributed by atoms with Crippen molar-refractivity contribution in [2.45, 2.75) is 20.0 Å². The van der Waals surface area contributed by atoms with Crippen molar-refractivity contribution in [3.05, 3.63) is 93.2 Å². The van der Waals surface area contributed by atoms with Gasteiger partial charge in [-0.3, -0.25) is 19.8 Å². The first kappa shape index (κ1) is 25.5. The van der Waals surface area contributed by atoms with Crippen molar-refractivity contribution in [3.63, 3.8) is 0 Å². The van der Waals surface area contributed by atoms with Gasteiger partial charge in [-0.05, 0) is 93.7 Å². The van der Waals surface area contributed by atoms with Crippen LogP contribution in [0.1, 0.15) is 23.6 Å². The summed E-state index contributed by atoms with van der Waals surface area (Å²) in [6.07, 6.45) is 2.33. The zero-order valence-electron chi connectivity index (χ0n) is 19.5. The Labute approximate surface area is 221 Å². The zero-order valence-corrected chi connectivity index (χ0v) is 21.9. The molecule has 184 valence electrons. The van der Waals surface area contributed by atoms with Crippen LogP contribution in [0.2, 0.25) is 0 Å². The van der Waals surface area contributed by atoms with Crippen molar-refractivity contribution in [1.29, 1.82) is 0 Å². The van der Waals surface area contributed by atoms with Gasteiger partial charge in [-0.25, -0.2) is 4.39 Å². The van der Waals surface area contributed by atoms with Gasteiger partial charge in [0.1, 0.15) is 18.0 Å². The molecule has 1 aliphatic heterocycles. The second-order valence-electron chi connectivity index (χ2n) is 7.93. The summed E-state index contributed by atoms with van der Waals surface area (Å²) in [7, 11) is 1.48. The Balaban J connectivity index is 1.63. The van der Waals surface area contributed by atoms with E-state index >= 15 is 0 Å². The minimum atomic E-state index is -0.590. The van der Waals surface area contributed by atoms with E-state index in [2.05, 4.69) is 21.2 Å². The fourth-order valence-corrected chi connectivity index (χ4v) is 4.54. The van der Waals surface area contributed by atoms with E-state index in [-0.39, 0.29) is 23.1 Å². The van der Waals surface area contributed by atoms with Crippen LogP contribution in [0, 0.1) is 5.82 Å². The average molecular weight is 569 g/mol. The van der Waals surface area contributed by atoms with Crippen LogP contribution in [-0.2, 0) is 22.6 Å². The first-order valence-electron chi connectivity index (χ1n) is 11.1. The molecule has 36 heavy (non-hydrogen) atoms. The van der Waals surface area contributed by atoms with Gasteiger partial charge in [-0.2, -0.15) is 0 Å². The number of ether oxygens (including phenoxy) is 2. The third kappa shape index (κ3) is 5.47. The van der Waals surface area contributed by atoms with Gasteiger partial charge >= 0.3 is 0 Å². The molecule has 0 unspecified atom stereocenters. The maximum atomic E-state index is 13.5. The summed E-state index contributed by atoms with van der Waals surface area (Å²) in [6, 6.07) is 16.9. The molecule has 6 nitrogen and oxygen atoms in total. The van der Waals surface area contributed by atoms with Crippen LogP contribution in [0.5, 0.6) is 11.5 Å². The molecule has 0 saturated carbocycles. The van der Waals surface area contributed by atoms with Crippen LogP contribution >= 0.6 is 28.1 Å². The lowest BCUT2D eigenvalue weighted by Gasteiger charge is -2.29. The lowest BCUT2D eigenvalue weighted by molar-refractivity contribution is -0.122. The summed E-state index contributed by atoms with van der Waals surface area (Å²) in [4.78, 5) is 27.3. The van der Waals surface area contributed by atoms with Crippen LogP contribution in [0.25, 0.3) is 6.08 Å². The number of hydrogen-bond donors (Lipinski definition) is 1. The van der Waals surface area contributed by atoms with Gasteiger partial charge in [-0.1, -0.05) is 31.2 Å². The Hall–Kier alpha value is -3.56. The minimum Gasteiger partial charge on any atom is -0.493 e. The third-order valence-electron chi connectivity index (χ3n) is 5.54. The molecule has 9 heteroatoms. The summed E-state index contributed by atoms with van der Waals surface area (Å²) in [6.45, 7) is 2.16. The Morgan fingerprint density at radius 2 is 1.83 bits per heavy atom. The number of carbonyl (C=O) groups excluding carboxylic acids is 2. The summed E-state index contributed by atoms with van der Waals surface area (Å²) in [5, 5.41) is 2.61. The Morgan fingerprint density at radius 1 is 1.08 bits per heavy atom. The van der Waals surface area contributed by atoms with Crippen LogP contribution in [0.15, 0.2) is 70.7 Å². The first-order chi connectivity index (χ1) is 17.3. The number of halogens is 2. The Morgan fingerprint density at radius 3 is 2.50 bits per heavy atom. The number of nitrogens with one attached hydrogen (secondary N) is 1. The Kier molecular flexibility index (Phi) is 7.81. The molecule has 0 atom stereocenters. The van der Waals surface area contributed by atoms with E-state index in [1.165, 1.54) is 30.2 Å². The molecule has 0 radical (unpaired) electrons. The molecule has 4 rings (SSSR count). The summed E-state index contributed by atoms with van der Waals surface area (Å²) in [5.41, 5.74) is 2.79. The standard InChI is InChI=1S/C27H22BrFN2O4S/c1-3-16-7-9-20(10-8-16)31-26(33)21(25(32)30-27(31)36)12-18-13-22(28)24(23(14-18)34-2)35-15-17-5-4-6-19(29)11-17/h4-14H,3,15H2,1-2H3,(H,30,32,36)/b21-12+. The molecular formula is C27H22BrFN2O4S. The maximum absolute atomic E-state index is 13.5. The topological polar surface area (TPSA) is 67.9 Å². The SMILES string of the molecule is CCc1ccc(N2C(=O)/C(=C/c3cc(Br)c(OCc4cccc(F)c4)c(OC)c3)C(=O)NC2=S)cc1. The second kappa shape index (κ2) is 11.0. The average Bonchev–Trinajstić information content (AvgIpc) is 2.86. The van der Waals surface area contributed by atoms with Crippen LogP contribution < -0.4 is 19.7 Å². The highest BCUT2D eigenvalue weighted by Gasteiger charge is 2.34. The molecule has 1 fully saturated rings. The molecule has 0 aromatic heterocycles. The van der Waals surface area contributed by atoms with E-state index in [0.717, 1.165) is 12.0 Å². The van der Waals surface area contributed by atoms with Crippen molar-refractivity contribution < 1.29 is 23.5 Å². The normalized spacial score (nSPS) is 14.7. The summed E-state index contributed by atoms with van der Waals surface area (Å²) >= 11 is 8.74. The summed E-state index contributed by atoms with van der Waals surface area (Å²) in [5.74, 6) is -0.696. The number of rotatable bonds is 7. The molecule has 0 spiro atoms. The van der Waals surface area contributed by atoms with Crippen molar-refractivity contribution >= 4 is 56.8 Å². The summed E-state index contributed by atoms with van der Waals surface area (Å²) < 4.78 is 25.4. The van der Waals surface area contributed by atoms with Gasteiger partial charge in [0, 0.05) is 0 Å². The first-order valence-corrected chi connectivity index (χ1v) is 12.3. The van der Waals surface area contributed by atoms with E-state index < -0.39 is 11.8 Å². The highest BCUT2D eigenvalue weighted by molar-refractivity contribution is 9.10. The van der Waals surface area contributed by atoms with Crippen LogP contribution in [0.3, 0.4) is 0 Å². The Bertz CT molecular complexity index is 1370. The minimum absolute atomic E-state index is 0.0197. The second-order valence-corrected chi connectivity index (χ2v) is 9.17. The molecule has 3 aromatic rings. The number of nitrogens with zero attached hydrogens (tertiary/aromatic N) is 1. The van der Waals surface area contributed by atoms with Gasteiger partial charge in [-0.15, -0.1) is 0 Å². The number of anilines is 1. The van der Waals surface area contributed by atoms with E-state index in [9.17, 15) is 14.0 Å². The predicted molar refractivity (Wildman–Crippen MR) is 143 cm³/mol. The largest absolute Gasteiger partial charge is 0.493 e. The van der Waals surface area contributed by atoms with Gasteiger partial charge in [0.25, 0.3) is 11.8 Å². The van der Waals surface area contributed by atoms with E-state index in [4.69, 9.17) is 21.7 Å². The molecule has 1 N–H and O–H groups in total. The van der Waals surface area contributed by atoms with Crippen molar-refractivity contribution in [1.82, 2.24) is 5.32 Å². The highest BCUT2D eigenvalue weighted by Crippen LogP contribution is 2.38. The molecule has 0 bridgehead atoms.